The summed E-state index contributed by atoms with van der Waals surface area (Å²) in [5.41, 5.74) is 2.70. The average molecular weight is 559 g/mol. The van der Waals surface area contributed by atoms with Gasteiger partial charge in [-0.05, 0) is 44.2 Å². The van der Waals surface area contributed by atoms with Gasteiger partial charge in [-0.25, -0.2) is 14.8 Å². The minimum Gasteiger partial charge on any atom is -0.486 e. The van der Waals surface area contributed by atoms with Crippen LogP contribution in [0.1, 0.15) is 25.5 Å². The predicted octanol–water partition coefficient (Wildman–Crippen LogP) is 5.88. The van der Waals surface area contributed by atoms with Crippen molar-refractivity contribution in [2.24, 2.45) is 0 Å². The van der Waals surface area contributed by atoms with Gasteiger partial charge >= 0.3 is 6.09 Å². The third kappa shape index (κ3) is 5.19. The van der Waals surface area contributed by atoms with Gasteiger partial charge in [0.05, 0.1) is 17.1 Å². The first-order valence-corrected chi connectivity index (χ1v) is 12.9. The molecule has 0 bridgehead atoms. The Morgan fingerprint density at radius 2 is 1.92 bits per heavy atom. The molecule has 0 radical (unpaired) electrons. The molecule has 1 aliphatic rings. The second kappa shape index (κ2) is 11.0. The Labute approximate surface area is 228 Å². The highest BCUT2D eigenvalue weighted by atomic mass is 35.5. The van der Waals surface area contributed by atoms with E-state index < -0.39 is 12.1 Å². The summed E-state index contributed by atoms with van der Waals surface area (Å²) >= 11 is 12.3. The number of nitrogens with one attached hydrogen (secondary N) is 1. The van der Waals surface area contributed by atoms with Crippen LogP contribution in [0.2, 0.25) is 10.0 Å². The van der Waals surface area contributed by atoms with Gasteiger partial charge in [0.2, 0.25) is 5.95 Å². The van der Waals surface area contributed by atoms with E-state index in [1.165, 1.54) is 6.20 Å². The summed E-state index contributed by atoms with van der Waals surface area (Å²) in [6.45, 7) is 6.40. The van der Waals surface area contributed by atoms with Crippen molar-refractivity contribution in [1.82, 2.24) is 25.1 Å². The molecule has 1 atom stereocenters. The van der Waals surface area contributed by atoms with Crippen molar-refractivity contribution >= 4 is 46.0 Å². The van der Waals surface area contributed by atoms with Crippen LogP contribution in [-0.4, -0.2) is 63.9 Å². The van der Waals surface area contributed by atoms with Crippen molar-refractivity contribution in [3.63, 3.8) is 0 Å². The van der Waals surface area contributed by atoms with Crippen LogP contribution < -0.4 is 9.64 Å². The molecule has 1 aromatic carbocycles. The largest absolute Gasteiger partial charge is 0.486 e. The Hall–Kier alpha value is -3.63. The molecule has 12 heteroatoms. The van der Waals surface area contributed by atoms with E-state index in [0.717, 1.165) is 28.0 Å². The number of anilines is 1. The summed E-state index contributed by atoms with van der Waals surface area (Å²) in [4.78, 5) is 24.0. The van der Waals surface area contributed by atoms with Crippen molar-refractivity contribution < 1.29 is 18.7 Å². The molecule has 1 amide bonds. The van der Waals surface area contributed by atoms with Crippen LogP contribution in [0.3, 0.4) is 0 Å². The van der Waals surface area contributed by atoms with Gasteiger partial charge in [-0.15, -0.1) is 0 Å². The van der Waals surface area contributed by atoms with E-state index in [4.69, 9.17) is 32.7 Å². The molecular formula is C26H25Cl2FN6O3. The molecule has 9 nitrogen and oxygen atoms in total. The Kier molecular flexibility index (Phi) is 7.53. The average Bonchev–Trinajstić information content (AvgIpc) is 3.35. The standard InChI is InChI=1S/C26H25Cl2FN6O3/c1-3-37-26(36)35-10-8-34(9-11-35)21-7-4-16(13-30-21)24-18-12-17(5-6-20(18)32-33-24)38-15(2)22-19(27)14-31-25(29)23(22)28/h4-7,12-15H,3,8-11H2,1-2H3,(H,32,33)/t15-/m0/s1. The zero-order valence-electron chi connectivity index (χ0n) is 20.7. The smallest absolute Gasteiger partial charge is 0.409 e. The van der Waals surface area contributed by atoms with Crippen LogP contribution >= 0.6 is 23.2 Å². The Balaban J connectivity index is 1.32. The molecule has 1 N–H and O–H groups in total. The molecule has 3 aromatic heterocycles. The number of benzene rings is 1. The van der Waals surface area contributed by atoms with Gasteiger partial charge in [0.1, 0.15) is 28.4 Å². The minimum absolute atomic E-state index is 0.163. The number of aromatic amines is 1. The van der Waals surface area contributed by atoms with Crippen LogP contribution in [0, 0.1) is 5.95 Å². The fourth-order valence-corrected chi connectivity index (χ4v) is 5.07. The maximum absolute atomic E-state index is 13.9. The summed E-state index contributed by atoms with van der Waals surface area (Å²) in [5.74, 6) is 0.570. The number of nitrogens with zero attached hydrogens (tertiary/aromatic N) is 5. The number of rotatable bonds is 6. The molecule has 0 saturated carbocycles. The molecule has 198 valence electrons. The van der Waals surface area contributed by atoms with Gasteiger partial charge in [0.25, 0.3) is 0 Å². The first kappa shape index (κ1) is 26.0. The first-order chi connectivity index (χ1) is 18.4. The van der Waals surface area contributed by atoms with Crippen LogP contribution in [0.25, 0.3) is 22.2 Å². The number of ether oxygens (including phenoxy) is 2. The van der Waals surface area contributed by atoms with Crippen LogP contribution in [0.15, 0.2) is 42.7 Å². The van der Waals surface area contributed by atoms with E-state index >= 15 is 0 Å². The summed E-state index contributed by atoms with van der Waals surface area (Å²) in [6.07, 6.45) is 2.09. The number of aromatic nitrogens is 4. The molecule has 1 fully saturated rings. The van der Waals surface area contributed by atoms with Crippen LogP contribution in [0.5, 0.6) is 5.75 Å². The number of H-pyrrole nitrogens is 1. The lowest BCUT2D eigenvalue weighted by molar-refractivity contribution is 0.105. The number of carbonyl (C=O) groups is 1. The Bertz CT molecular complexity index is 1460. The molecule has 0 unspecified atom stereocenters. The van der Waals surface area contributed by atoms with E-state index in [2.05, 4.69) is 25.1 Å². The molecule has 4 heterocycles. The van der Waals surface area contributed by atoms with E-state index in [1.807, 2.05) is 24.3 Å². The quantitative estimate of drug-likeness (QED) is 0.295. The number of hydrogen-bond acceptors (Lipinski definition) is 7. The Morgan fingerprint density at radius 1 is 1.13 bits per heavy atom. The molecule has 38 heavy (non-hydrogen) atoms. The summed E-state index contributed by atoms with van der Waals surface area (Å²) in [5, 5.41) is 8.42. The van der Waals surface area contributed by atoms with Gasteiger partial charge in [0, 0.05) is 55.1 Å². The topological polar surface area (TPSA) is 96.5 Å². The van der Waals surface area contributed by atoms with Crippen LogP contribution in [0.4, 0.5) is 15.0 Å². The van der Waals surface area contributed by atoms with E-state index in [9.17, 15) is 9.18 Å². The Morgan fingerprint density at radius 3 is 2.63 bits per heavy atom. The van der Waals surface area contributed by atoms with E-state index in [-0.39, 0.29) is 16.1 Å². The zero-order chi connectivity index (χ0) is 26.8. The summed E-state index contributed by atoms with van der Waals surface area (Å²) < 4.78 is 25.0. The maximum atomic E-state index is 13.9. The summed E-state index contributed by atoms with van der Waals surface area (Å²) in [7, 11) is 0. The fraction of sp³-hybridized carbons (Fsp3) is 0.308. The highest BCUT2D eigenvalue weighted by Gasteiger charge is 2.23. The van der Waals surface area contributed by atoms with Gasteiger partial charge in [-0.3, -0.25) is 5.10 Å². The van der Waals surface area contributed by atoms with Crippen LogP contribution in [-0.2, 0) is 4.74 Å². The van der Waals surface area contributed by atoms with Gasteiger partial charge in [-0.1, -0.05) is 23.2 Å². The minimum atomic E-state index is -0.800. The van der Waals surface area contributed by atoms with Crippen molar-refractivity contribution in [1.29, 1.82) is 0 Å². The van der Waals surface area contributed by atoms with E-state index in [1.54, 1.807) is 31.0 Å². The molecule has 0 aliphatic carbocycles. The predicted molar refractivity (Wildman–Crippen MR) is 143 cm³/mol. The van der Waals surface area contributed by atoms with Crippen molar-refractivity contribution in [3.8, 4) is 17.0 Å². The SMILES string of the molecule is CCOC(=O)N1CCN(c2ccc(-c3n[nH]c4ccc(O[C@@H](C)c5c(Cl)cnc(F)c5Cl)cc34)cn2)CC1. The number of carbonyl (C=O) groups excluding carboxylic acids is 1. The normalized spacial score (nSPS) is 14.6. The molecule has 1 saturated heterocycles. The zero-order valence-corrected chi connectivity index (χ0v) is 22.3. The number of pyridine rings is 2. The number of fused-ring (bicyclic) bond motifs is 1. The highest BCUT2D eigenvalue weighted by molar-refractivity contribution is 6.35. The summed E-state index contributed by atoms with van der Waals surface area (Å²) in [6, 6.07) is 9.41. The van der Waals surface area contributed by atoms with Crippen molar-refractivity contribution in [3.05, 3.63) is 64.3 Å². The number of amides is 1. The third-order valence-electron chi connectivity index (χ3n) is 6.37. The maximum Gasteiger partial charge on any atom is 0.409 e. The lowest BCUT2D eigenvalue weighted by Gasteiger charge is -2.34. The number of hydrogen-bond donors (Lipinski definition) is 1. The lowest BCUT2D eigenvalue weighted by Crippen LogP contribution is -2.49. The van der Waals surface area contributed by atoms with Gasteiger partial charge in [0.15, 0.2) is 0 Å². The fourth-order valence-electron chi connectivity index (χ4n) is 4.42. The van der Waals surface area contributed by atoms with Gasteiger partial charge < -0.3 is 19.3 Å². The van der Waals surface area contributed by atoms with E-state index in [0.29, 0.717) is 44.1 Å². The molecule has 5 rings (SSSR count). The lowest BCUT2D eigenvalue weighted by atomic mass is 10.1. The second-order valence-corrected chi connectivity index (χ2v) is 9.53. The molecule has 1 aliphatic heterocycles. The second-order valence-electron chi connectivity index (χ2n) is 8.74. The van der Waals surface area contributed by atoms with Crippen molar-refractivity contribution in [2.45, 2.75) is 20.0 Å². The molecular weight excluding hydrogens is 534 g/mol. The third-order valence-corrected chi connectivity index (χ3v) is 7.03. The first-order valence-electron chi connectivity index (χ1n) is 12.1. The monoisotopic (exact) mass is 558 g/mol. The molecule has 4 aromatic rings. The number of piperazine rings is 1. The van der Waals surface area contributed by atoms with Crippen molar-refractivity contribution in [2.75, 3.05) is 37.7 Å². The number of halogens is 3. The highest BCUT2D eigenvalue weighted by Crippen LogP contribution is 2.36. The van der Waals surface area contributed by atoms with Gasteiger partial charge in [-0.2, -0.15) is 9.49 Å². The molecule has 0 spiro atoms.